The molecule has 1 saturated carbocycles. The molecule has 3 aliphatic carbocycles. The molecular weight excluding hydrogens is 874 g/mol. The van der Waals surface area contributed by atoms with Crippen LogP contribution in [0.25, 0.3) is 21.9 Å². The van der Waals surface area contributed by atoms with Crippen LogP contribution in [0.5, 0.6) is 0 Å². The summed E-state index contributed by atoms with van der Waals surface area (Å²) in [7, 11) is 0. The summed E-state index contributed by atoms with van der Waals surface area (Å²) in [5, 5.41) is 2.30. The van der Waals surface area contributed by atoms with E-state index >= 15 is 0 Å². The molecule has 4 heterocycles. The van der Waals surface area contributed by atoms with Crippen molar-refractivity contribution in [3.05, 3.63) is 161 Å². The Hall–Kier alpha value is -6.20. The second kappa shape index (κ2) is 14.5. The molecule has 0 amide bonds. The van der Waals surface area contributed by atoms with Gasteiger partial charge in [0.15, 0.2) is 0 Å². The Morgan fingerprint density at radius 2 is 1.03 bits per heavy atom. The van der Waals surface area contributed by atoms with Crippen molar-refractivity contribution in [1.82, 2.24) is 0 Å². The maximum Gasteiger partial charge on any atom is 0.252 e. The quantitative estimate of drug-likeness (QED) is 0.165. The molecule has 0 spiro atoms. The third kappa shape index (κ3) is 5.83. The second-order valence-electron chi connectivity index (χ2n) is 26.2. The van der Waals surface area contributed by atoms with Crippen LogP contribution in [0.2, 0.25) is 0 Å². The van der Waals surface area contributed by atoms with Gasteiger partial charge in [0.05, 0.1) is 16.6 Å². The Balaban J connectivity index is 1.09. The lowest BCUT2D eigenvalue weighted by atomic mass is 9.33. The summed E-state index contributed by atoms with van der Waals surface area (Å²) in [4.78, 5) is 8.12. The molecule has 5 heteroatoms. The largest absolute Gasteiger partial charge is 0.456 e. The van der Waals surface area contributed by atoms with E-state index in [1.165, 1.54) is 135 Å². The second-order valence-corrected chi connectivity index (χ2v) is 26.2. The average Bonchev–Trinajstić information content (AvgIpc) is 3.84. The molecule has 6 aliphatic rings. The Bertz CT molecular complexity index is 3650. The fourth-order valence-electron chi connectivity index (χ4n) is 15.6. The van der Waals surface area contributed by atoms with E-state index in [1.807, 2.05) is 0 Å². The number of fused-ring (bicyclic) bond motifs is 12. The predicted molar refractivity (Wildman–Crippen MR) is 306 cm³/mol. The number of anilines is 8. The monoisotopic (exact) mass is 944 g/mol. The first-order chi connectivity index (χ1) is 34.3. The molecule has 1 aromatic heterocycles. The van der Waals surface area contributed by atoms with Crippen molar-refractivity contribution in [2.24, 2.45) is 0 Å². The Kier molecular flexibility index (Phi) is 8.97. The van der Waals surface area contributed by atoms with Crippen LogP contribution in [0.4, 0.5) is 45.5 Å². The lowest BCUT2D eigenvalue weighted by Gasteiger charge is -2.51. The number of furan rings is 1. The molecule has 8 aromatic rings. The minimum absolute atomic E-state index is 0.00276. The molecule has 0 saturated heterocycles. The highest BCUT2D eigenvalue weighted by Crippen LogP contribution is 2.62. The lowest BCUT2D eigenvalue weighted by Crippen LogP contribution is -2.62. The first kappa shape index (κ1) is 44.5. The molecule has 72 heavy (non-hydrogen) atoms. The molecular formula is C67H70BN3O. The fraction of sp³-hybridized carbons (Fsp3) is 0.373. The Morgan fingerprint density at radius 1 is 0.431 bits per heavy atom. The Morgan fingerprint density at radius 3 is 1.79 bits per heavy atom. The van der Waals surface area contributed by atoms with Gasteiger partial charge in [-0.15, -0.1) is 0 Å². The highest BCUT2D eigenvalue weighted by Gasteiger charge is 2.58. The van der Waals surface area contributed by atoms with E-state index in [0.717, 1.165) is 34.0 Å². The zero-order chi connectivity index (χ0) is 49.6. The lowest BCUT2D eigenvalue weighted by molar-refractivity contribution is 0.195. The minimum Gasteiger partial charge on any atom is -0.456 e. The van der Waals surface area contributed by atoms with Crippen LogP contribution >= 0.6 is 0 Å². The predicted octanol–water partition coefficient (Wildman–Crippen LogP) is 16.4. The molecule has 2 unspecified atom stereocenters. The summed E-state index contributed by atoms with van der Waals surface area (Å²) in [6, 6.07) is 50.2. The number of hydrogen-bond donors (Lipinski definition) is 0. The number of benzene rings is 7. The SMILES string of the molecule is Cc1cc2c3c(c1)N(c1cccc4oc5ccccc5c14)c1cc(N4c5ccccc5C5(C)CCCCC45C)ccc1B3c1cc3c(cc1N2c1ccc2c(c1)C(C)(C)CCC2(C)C)C(C)(C)CCC3(C)C. The summed E-state index contributed by atoms with van der Waals surface area (Å²) in [6.45, 7) is 27.3. The van der Waals surface area contributed by atoms with Crippen molar-refractivity contribution in [2.75, 3.05) is 14.7 Å². The van der Waals surface area contributed by atoms with E-state index < -0.39 is 0 Å². The van der Waals surface area contributed by atoms with E-state index in [0.29, 0.717) is 0 Å². The van der Waals surface area contributed by atoms with E-state index in [9.17, 15) is 0 Å². The van der Waals surface area contributed by atoms with Crippen molar-refractivity contribution in [1.29, 1.82) is 0 Å². The average molecular weight is 944 g/mol. The topological polar surface area (TPSA) is 22.9 Å². The van der Waals surface area contributed by atoms with E-state index in [1.54, 1.807) is 0 Å². The van der Waals surface area contributed by atoms with Crippen molar-refractivity contribution in [2.45, 2.75) is 160 Å². The van der Waals surface area contributed by atoms with Crippen LogP contribution in [0, 0.1) is 6.92 Å². The van der Waals surface area contributed by atoms with Gasteiger partial charge in [0.1, 0.15) is 11.2 Å². The summed E-state index contributed by atoms with van der Waals surface area (Å²) < 4.78 is 6.73. The third-order valence-corrected chi connectivity index (χ3v) is 20.2. The zero-order valence-corrected chi connectivity index (χ0v) is 44.6. The van der Waals surface area contributed by atoms with Gasteiger partial charge in [-0.05, 0) is 191 Å². The number of aryl methyl sites for hydroxylation is 1. The number of para-hydroxylation sites is 2. The van der Waals surface area contributed by atoms with E-state index in [2.05, 4.69) is 218 Å². The van der Waals surface area contributed by atoms with Crippen LogP contribution in [0.3, 0.4) is 0 Å². The molecule has 0 bridgehead atoms. The molecule has 14 rings (SSSR count). The van der Waals surface area contributed by atoms with Gasteiger partial charge in [-0.25, -0.2) is 0 Å². The standard InChI is InChI=1S/C67H70BN3O/c1-41-35-56-61-57(36-41)70(53-22-18-24-59-60(53)44-19-12-15-23-58(44)72-59)54-38-43(71-52-21-14-13-20-46(52)66(10)29-16-17-30-67(66,71)11)26-28-50(54)68(61)51-39-48-49(65(8,9)34-33-64(48,6)7)40-55(51)69(56)42-25-27-45-47(37-42)63(4,5)32-31-62(45,2)3/h12-15,18-28,35-40H,16-17,29-34H2,1-11H3. The van der Waals surface area contributed by atoms with Crippen molar-refractivity contribution < 1.29 is 4.42 Å². The number of rotatable bonds is 3. The van der Waals surface area contributed by atoms with E-state index in [4.69, 9.17) is 4.42 Å². The highest BCUT2D eigenvalue weighted by atomic mass is 16.3. The number of nitrogens with zero attached hydrogens (tertiary/aromatic N) is 3. The van der Waals surface area contributed by atoms with Gasteiger partial charge in [-0.1, -0.05) is 136 Å². The van der Waals surface area contributed by atoms with E-state index in [-0.39, 0.29) is 39.3 Å². The van der Waals surface area contributed by atoms with Crippen LogP contribution < -0.4 is 31.1 Å². The Labute approximate surface area is 428 Å². The van der Waals surface area contributed by atoms with Crippen LogP contribution in [0.15, 0.2) is 132 Å². The van der Waals surface area contributed by atoms with Gasteiger partial charge in [0.25, 0.3) is 6.71 Å². The summed E-state index contributed by atoms with van der Waals surface area (Å²) in [5.74, 6) is 0. The molecule has 4 nitrogen and oxygen atoms in total. The summed E-state index contributed by atoms with van der Waals surface area (Å²) >= 11 is 0. The van der Waals surface area contributed by atoms with Crippen molar-refractivity contribution >= 4 is 90.5 Å². The summed E-state index contributed by atoms with van der Waals surface area (Å²) in [6.07, 6.45) is 9.58. The molecule has 2 atom stereocenters. The van der Waals surface area contributed by atoms with Gasteiger partial charge in [-0.3, -0.25) is 0 Å². The smallest absolute Gasteiger partial charge is 0.252 e. The summed E-state index contributed by atoms with van der Waals surface area (Å²) in [5.41, 5.74) is 25.1. The van der Waals surface area contributed by atoms with Crippen LogP contribution in [-0.4, -0.2) is 12.3 Å². The van der Waals surface area contributed by atoms with Crippen LogP contribution in [-0.2, 0) is 27.1 Å². The van der Waals surface area contributed by atoms with Crippen LogP contribution in [0.1, 0.15) is 154 Å². The minimum atomic E-state index is -0.0703. The molecule has 362 valence electrons. The normalized spacial score (nSPS) is 23.5. The zero-order valence-electron chi connectivity index (χ0n) is 44.6. The fourth-order valence-corrected chi connectivity index (χ4v) is 15.6. The maximum absolute atomic E-state index is 6.73. The first-order valence-electron chi connectivity index (χ1n) is 27.3. The molecule has 0 N–H and O–H groups in total. The molecule has 1 fully saturated rings. The van der Waals surface area contributed by atoms with Gasteiger partial charge in [0.2, 0.25) is 0 Å². The molecule has 7 aromatic carbocycles. The maximum atomic E-state index is 6.73. The van der Waals surface area contributed by atoms with Gasteiger partial charge in [0, 0.05) is 50.6 Å². The van der Waals surface area contributed by atoms with Gasteiger partial charge >= 0.3 is 0 Å². The third-order valence-electron chi connectivity index (χ3n) is 20.2. The molecule has 0 radical (unpaired) electrons. The van der Waals surface area contributed by atoms with Gasteiger partial charge in [-0.2, -0.15) is 0 Å². The van der Waals surface area contributed by atoms with Crippen molar-refractivity contribution in [3.63, 3.8) is 0 Å². The van der Waals surface area contributed by atoms with Gasteiger partial charge < -0.3 is 19.1 Å². The first-order valence-corrected chi connectivity index (χ1v) is 27.3. The molecule has 3 aliphatic heterocycles. The van der Waals surface area contributed by atoms with Crippen molar-refractivity contribution in [3.8, 4) is 0 Å². The highest BCUT2D eigenvalue weighted by molar-refractivity contribution is 7.00. The number of hydrogen-bond acceptors (Lipinski definition) is 4.